The van der Waals surface area contributed by atoms with Crippen LogP contribution in [0.3, 0.4) is 0 Å². The van der Waals surface area contributed by atoms with Gasteiger partial charge in [-0.15, -0.1) is 10.2 Å². The second-order valence-electron chi connectivity index (χ2n) is 3.87. The summed E-state index contributed by atoms with van der Waals surface area (Å²) in [6.07, 6.45) is 0. The minimum atomic E-state index is 0.405. The molecule has 0 spiro atoms. The molecular weight excluding hydrogens is 293 g/mol. The number of rotatable bonds is 2. The molecule has 1 aromatic carbocycles. The minimum Gasteiger partial charge on any atom is -0.338 e. The number of benzene rings is 1. The van der Waals surface area contributed by atoms with Gasteiger partial charge in [0, 0.05) is 15.7 Å². The standard InChI is InChI=1S/C12H10Cl3N3/c1-6-7(2)12(18-17-11(6)15)16-10-4-8(13)3-9(14)5-10/h3-5H,1-2H3,(H,16,18). The molecule has 0 atom stereocenters. The molecule has 0 fully saturated rings. The number of anilines is 2. The summed E-state index contributed by atoms with van der Waals surface area (Å²) >= 11 is 17.8. The van der Waals surface area contributed by atoms with Gasteiger partial charge in [0.05, 0.1) is 0 Å². The van der Waals surface area contributed by atoms with Gasteiger partial charge in [0.2, 0.25) is 0 Å². The highest BCUT2D eigenvalue weighted by Gasteiger charge is 2.08. The average molecular weight is 303 g/mol. The maximum atomic E-state index is 5.93. The third-order valence-corrected chi connectivity index (χ3v) is 3.39. The van der Waals surface area contributed by atoms with Gasteiger partial charge in [0.1, 0.15) is 0 Å². The lowest BCUT2D eigenvalue weighted by molar-refractivity contribution is 1.00. The van der Waals surface area contributed by atoms with Crippen LogP contribution in [0.5, 0.6) is 0 Å². The van der Waals surface area contributed by atoms with Crippen LogP contribution in [0.25, 0.3) is 0 Å². The molecule has 0 unspecified atom stereocenters. The quantitative estimate of drug-likeness (QED) is 0.866. The molecule has 1 heterocycles. The maximum absolute atomic E-state index is 5.93. The van der Waals surface area contributed by atoms with E-state index in [4.69, 9.17) is 34.8 Å². The van der Waals surface area contributed by atoms with Crippen molar-refractivity contribution < 1.29 is 0 Å². The van der Waals surface area contributed by atoms with E-state index in [1.807, 2.05) is 13.8 Å². The van der Waals surface area contributed by atoms with E-state index in [1.165, 1.54) is 0 Å². The normalized spacial score (nSPS) is 10.5. The SMILES string of the molecule is Cc1c(Cl)nnc(Nc2cc(Cl)cc(Cl)c2)c1C. The van der Waals surface area contributed by atoms with Crippen LogP contribution in [0.4, 0.5) is 11.5 Å². The molecule has 18 heavy (non-hydrogen) atoms. The van der Waals surface area contributed by atoms with Gasteiger partial charge in [0.15, 0.2) is 11.0 Å². The lowest BCUT2D eigenvalue weighted by Gasteiger charge is -2.10. The highest BCUT2D eigenvalue weighted by atomic mass is 35.5. The number of halogens is 3. The van der Waals surface area contributed by atoms with Crippen LogP contribution in [0.15, 0.2) is 18.2 Å². The highest BCUT2D eigenvalue weighted by Crippen LogP contribution is 2.27. The van der Waals surface area contributed by atoms with E-state index < -0.39 is 0 Å². The van der Waals surface area contributed by atoms with E-state index in [9.17, 15) is 0 Å². The van der Waals surface area contributed by atoms with Gasteiger partial charge in [-0.25, -0.2) is 0 Å². The van der Waals surface area contributed by atoms with E-state index in [2.05, 4.69) is 15.5 Å². The molecule has 0 radical (unpaired) electrons. The molecule has 2 rings (SSSR count). The monoisotopic (exact) mass is 301 g/mol. The molecular formula is C12H10Cl3N3. The van der Waals surface area contributed by atoms with Crippen molar-refractivity contribution in [1.29, 1.82) is 0 Å². The van der Waals surface area contributed by atoms with Crippen molar-refractivity contribution >= 4 is 46.3 Å². The first-order valence-electron chi connectivity index (χ1n) is 5.20. The van der Waals surface area contributed by atoms with E-state index in [0.717, 1.165) is 16.8 Å². The predicted octanol–water partition coefficient (Wildman–Crippen LogP) is 4.80. The largest absolute Gasteiger partial charge is 0.338 e. The van der Waals surface area contributed by atoms with Gasteiger partial charge in [-0.3, -0.25) is 0 Å². The Balaban J connectivity index is 2.37. The molecule has 0 saturated heterocycles. The molecule has 2 aromatic rings. The zero-order valence-corrected chi connectivity index (χ0v) is 12.0. The van der Waals surface area contributed by atoms with Crippen LogP contribution in [-0.2, 0) is 0 Å². The first-order chi connectivity index (χ1) is 8.47. The lowest BCUT2D eigenvalue weighted by Crippen LogP contribution is -2.01. The van der Waals surface area contributed by atoms with Crippen molar-refractivity contribution in [2.75, 3.05) is 5.32 Å². The summed E-state index contributed by atoms with van der Waals surface area (Å²) < 4.78 is 0. The third-order valence-electron chi connectivity index (χ3n) is 2.59. The fourth-order valence-corrected chi connectivity index (χ4v) is 2.16. The maximum Gasteiger partial charge on any atom is 0.156 e. The van der Waals surface area contributed by atoms with E-state index in [0.29, 0.717) is 21.0 Å². The van der Waals surface area contributed by atoms with E-state index >= 15 is 0 Å². The van der Waals surface area contributed by atoms with Crippen molar-refractivity contribution in [2.45, 2.75) is 13.8 Å². The summed E-state index contributed by atoms with van der Waals surface area (Å²) in [5.74, 6) is 0.634. The topological polar surface area (TPSA) is 37.8 Å². The lowest BCUT2D eigenvalue weighted by atomic mass is 10.2. The smallest absolute Gasteiger partial charge is 0.156 e. The van der Waals surface area contributed by atoms with Gasteiger partial charge in [-0.2, -0.15) is 0 Å². The van der Waals surface area contributed by atoms with Crippen LogP contribution in [0.2, 0.25) is 15.2 Å². The summed E-state index contributed by atoms with van der Waals surface area (Å²) in [6.45, 7) is 3.81. The Morgan fingerprint density at radius 1 is 0.889 bits per heavy atom. The number of hydrogen-bond donors (Lipinski definition) is 1. The molecule has 0 saturated carbocycles. The Bertz CT molecular complexity index is 579. The molecule has 0 aliphatic carbocycles. The molecule has 0 aliphatic rings. The van der Waals surface area contributed by atoms with Crippen molar-refractivity contribution in [2.24, 2.45) is 0 Å². The summed E-state index contributed by atoms with van der Waals surface area (Å²) in [5.41, 5.74) is 2.58. The summed E-state index contributed by atoms with van der Waals surface area (Å²) in [4.78, 5) is 0. The number of aromatic nitrogens is 2. The first-order valence-corrected chi connectivity index (χ1v) is 6.33. The van der Waals surface area contributed by atoms with Crippen molar-refractivity contribution in [3.05, 3.63) is 44.5 Å². The number of nitrogens with zero attached hydrogens (tertiary/aromatic N) is 2. The molecule has 3 nitrogen and oxygen atoms in total. The van der Waals surface area contributed by atoms with Crippen molar-refractivity contribution in [3.63, 3.8) is 0 Å². The van der Waals surface area contributed by atoms with Crippen LogP contribution < -0.4 is 5.32 Å². The van der Waals surface area contributed by atoms with Crippen molar-refractivity contribution in [1.82, 2.24) is 10.2 Å². The Hall–Kier alpha value is -1.03. The molecule has 0 aliphatic heterocycles. The predicted molar refractivity (Wildman–Crippen MR) is 76.3 cm³/mol. The Morgan fingerprint density at radius 3 is 2.11 bits per heavy atom. The van der Waals surface area contributed by atoms with Crippen LogP contribution in [0.1, 0.15) is 11.1 Å². The molecule has 0 bridgehead atoms. The van der Waals surface area contributed by atoms with Gasteiger partial charge >= 0.3 is 0 Å². The molecule has 1 N–H and O–H groups in total. The second kappa shape index (κ2) is 5.31. The Kier molecular flexibility index (Phi) is 3.95. The Labute approximate surface area is 120 Å². The third kappa shape index (κ3) is 2.86. The average Bonchev–Trinajstić information content (AvgIpc) is 2.29. The van der Waals surface area contributed by atoms with Crippen LogP contribution in [-0.4, -0.2) is 10.2 Å². The second-order valence-corrected chi connectivity index (χ2v) is 5.10. The highest BCUT2D eigenvalue weighted by molar-refractivity contribution is 6.35. The molecule has 0 amide bonds. The summed E-state index contributed by atoms with van der Waals surface area (Å²) in [6, 6.07) is 5.19. The van der Waals surface area contributed by atoms with Crippen LogP contribution >= 0.6 is 34.8 Å². The van der Waals surface area contributed by atoms with Gasteiger partial charge in [0.25, 0.3) is 0 Å². The zero-order valence-electron chi connectivity index (χ0n) is 9.76. The van der Waals surface area contributed by atoms with Gasteiger partial charge < -0.3 is 5.32 Å². The Morgan fingerprint density at radius 2 is 1.50 bits per heavy atom. The molecule has 1 aromatic heterocycles. The summed E-state index contributed by atoms with van der Waals surface area (Å²) in [5, 5.41) is 12.5. The molecule has 6 heteroatoms. The summed E-state index contributed by atoms with van der Waals surface area (Å²) in [7, 11) is 0. The minimum absolute atomic E-state index is 0.405. The van der Waals surface area contributed by atoms with Crippen LogP contribution in [0, 0.1) is 13.8 Å². The first kappa shape index (κ1) is 13.4. The fourth-order valence-electron chi connectivity index (χ4n) is 1.46. The molecule has 94 valence electrons. The fraction of sp³-hybridized carbons (Fsp3) is 0.167. The van der Waals surface area contributed by atoms with Gasteiger partial charge in [-0.1, -0.05) is 34.8 Å². The number of hydrogen-bond acceptors (Lipinski definition) is 3. The van der Waals surface area contributed by atoms with E-state index in [1.54, 1.807) is 18.2 Å². The zero-order chi connectivity index (χ0) is 13.3. The van der Waals surface area contributed by atoms with E-state index in [-0.39, 0.29) is 0 Å². The van der Waals surface area contributed by atoms with Gasteiger partial charge in [-0.05, 0) is 43.2 Å². The number of nitrogens with one attached hydrogen (secondary N) is 1. The van der Waals surface area contributed by atoms with Crippen molar-refractivity contribution in [3.8, 4) is 0 Å².